The summed E-state index contributed by atoms with van der Waals surface area (Å²) in [6.45, 7) is 4.11. The molecule has 2 aromatic heterocycles. The maximum Gasteiger partial charge on any atom is 0.344 e. The Labute approximate surface area is 222 Å². The Morgan fingerprint density at radius 3 is 2.41 bits per heavy atom. The number of nitrogens with zero attached hydrogens (tertiary/aromatic N) is 1. The summed E-state index contributed by atoms with van der Waals surface area (Å²) in [6.07, 6.45) is 3.48. The summed E-state index contributed by atoms with van der Waals surface area (Å²) in [5.41, 5.74) is 0.244. The Kier molecular flexibility index (Phi) is 9.29. The Balaban J connectivity index is 2.19. The van der Waals surface area contributed by atoms with Crippen LogP contribution in [0, 0.1) is 5.41 Å². The van der Waals surface area contributed by atoms with Crippen molar-refractivity contribution < 1.29 is 23.4 Å². The summed E-state index contributed by atoms with van der Waals surface area (Å²) in [6, 6.07) is 4.58. The van der Waals surface area contributed by atoms with Crippen LogP contribution in [0.1, 0.15) is 5.69 Å². The van der Waals surface area contributed by atoms with Gasteiger partial charge in [0.1, 0.15) is 17.3 Å². The number of amides is 1. The lowest BCUT2D eigenvalue weighted by Crippen LogP contribution is -2.28. The van der Waals surface area contributed by atoms with Crippen molar-refractivity contribution in [1.29, 1.82) is 5.41 Å². The van der Waals surface area contributed by atoms with Crippen molar-refractivity contribution in [3.05, 3.63) is 68.9 Å². The van der Waals surface area contributed by atoms with Crippen LogP contribution in [0.2, 0.25) is 10.0 Å². The van der Waals surface area contributed by atoms with Gasteiger partial charge in [0.15, 0.2) is 0 Å². The number of benzene rings is 1. The Hall–Kier alpha value is -3.86. The van der Waals surface area contributed by atoms with Crippen LogP contribution in [0.5, 0.6) is 11.5 Å². The van der Waals surface area contributed by atoms with E-state index in [9.17, 15) is 9.59 Å². The standard InChI is InChI=1S/C25H24Cl2N4O6/c1-5-20(32)31-16(11-28)24(29-6-7-34-2)15-9-14-13(12-30-15)8-17(37-25(14)33)21-22(26)18(35-3)10-19(36-4)23(21)27/h5,8-12,28-29H,1,6-7H2,2-4H3,(H,31,32)/b24-16+,28-11?. The zero-order valence-corrected chi connectivity index (χ0v) is 21.7. The molecule has 1 amide bonds. The number of halogens is 2. The van der Waals surface area contributed by atoms with Crippen LogP contribution in [-0.2, 0) is 9.53 Å². The average molecular weight is 547 g/mol. The number of hydrogen-bond acceptors (Lipinski definition) is 9. The highest BCUT2D eigenvalue weighted by Gasteiger charge is 2.22. The molecular formula is C25H24Cl2N4O6. The molecule has 3 aromatic rings. The number of rotatable bonds is 11. The van der Waals surface area contributed by atoms with Gasteiger partial charge in [-0.3, -0.25) is 9.78 Å². The lowest BCUT2D eigenvalue weighted by Gasteiger charge is -2.16. The van der Waals surface area contributed by atoms with Gasteiger partial charge in [0.05, 0.1) is 58.9 Å². The third-order valence-electron chi connectivity index (χ3n) is 5.19. The van der Waals surface area contributed by atoms with Gasteiger partial charge in [-0.1, -0.05) is 29.8 Å². The fourth-order valence-corrected chi connectivity index (χ4v) is 4.09. The van der Waals surface area contributed by atoms with Gasteiger partial charge in [-0.15, -0.1) is 0 Å². The fourth-order valence-electron chi connectivity index (χ4n) is 3.40. The van der Waals surface area contributed by atoms with Crippen molar-refractivity contribution in [3.8, 4) is 22.8 Å². The molecule has 10 nitrogen and oxygen atoms in total. The molecule has 3 rings (SSSR count). The number of pyridine rings is 1. The molecule has 0 atom stereocenters. The van der Waals surface area contributed by atoms with Gasteiger partial charge in [-0.05, 0) is 18.2 Å². The number of carbonyl (C=O) groups is 1. The molecule has 0 aliphatic carbocycles. The van der Waals surface area contributed by atoms with Crippen LogP contribution >= 0.6 is 23.2 Å². The van der Waals surface area contributed by atoms with Gasteiger partial charge >= 0.3 is 5.63 Å². The Morgan fingerprint density at radius 2 is 1.84 bits per heavy atom. The summed E-state index contributed by atoms with van der Waals surface area (Å²) >= 11 is 13.0. The number of nitrogens with one attached hydrogen (secondary N) is 3. The van der Waals surface area contributed by atoms with E-state index < -0.39 is 11.5 Å². The van der Waals surface area contributed by atoms with E-state index in [2.05, 4.69) is 22.2 Å². The Bertz CT molecular complexity index is 1420. The molecule has 2 heterocycles. The van der Waals surface area contributed by atoms with E-state index in [1.54, 1.807) is 6.07 Å². The minimum absolute atomic E-state index is 0.0895. The van der Waals surface area contributed by atoms with E-state index in [0.29, 0.717) is 24.2 Å². The van der Waals surface area contributed by atoms with E-state index in [1.807, 2.05) is 0 Å². The van der Waals surface area contributed by atoms with Gasteiger partial charge in [0.2, 0.25) is 5.91 Å². The molecule has 0 fully saturated rings. The summed E-state index contributed by atoms with van der Waals surface area (Å²) < 4.78 is 21.3. The number of carbonyl (C=O) groups excluding carboxylic acids is 1. The summed E-state index contributed by atoms with van der Waals surface area (Å²) in [5, 5.41) is 14.3. The first kappa shape index (κ1) is 27.7. The second-order valence-corrected chi connectivity index (χ2v) is 8.14. The number of allylic oxidation sites excluding steroid dienone is 1. The molecule has 37 heavy (non-hydrogen) atoms. The number of hydrogen-bond donors (Lipinski definition) is 3. The molecule has 12 heteroatoms. The van der Waals surface area contributed by atoms with E-state index in [1.165, 1.54) is 39.7 Å². The van der Waals surface area contributed by atoms with Crippen LogP contribution in [0.15, 0.2) is 52.0 Å². The molecule has 194 valence electrons. The predicted octanol–water partition coefficient (Wildman–Crippen LogP) is 4.04. The average Bonchev–Trinajstić information content (AvgIpc) is 2.90. The van der Waals surface area contributed by atoms with Gasteiger partial charge in [-0.25, -0.2) is 4.79 Å². The Morgan fingerprint density at radius 1 is 1.16 bits per heavy atom. The molecule has 0 unspecified atom stereocenters. The van der Waals surface area contributed by atoms with Gasteiger partial charge in [0.25, 0.3) is 0 Å². The van der Waals surface area contributed by atoms with Gasteiger partial charge < -0.3 is 34.7 Å². The topological polar surface area (TPSA) is 136 Å². The molecule has 0 aliphatic heterocycles. The van der Waals surface area contributed by atoms with E-state index in [4.69, 9.17) is 47.2 Å². The zero-order valence-electron chi connectivity index (χ0n) is 20.2. The lowest BCUT2D eigenvalue weighted by molar-refractivity contribution is -0.115. The SMILES string of the molecule is C=CC(=O)N/C(C=N)=C(/NCCOC)c1cc2c(=O)oc(-c3c(Cl)c(OC)cc(OC)c3Cl)cc2cn1. The molecular weight excluding hydrogens is 523 g/mol. The highest BCUT2D eigenvalue weighted by atomic mass is 35.5. The summed E-state index contributed by atoms with van der Waals surface area (Å²) in [5.74, 6) is 0.141. The minimum atomic E-state index is -0.687. The lowest BCUT2D eigenvalue weighted by atomic mass is 10.1. The second-order valence-electron chi connectivity index (χ2n) is 7.38. The zero-order chi connectivity index (χ0) is 27.1. The van der Waals surface area contributed by atoms with Gasteiger partial charge in [0, 0.05) is 37.5 Å². The first-order chi connectivity index (χ1) is 17.8. The van der Waals surface area contributed by atoms with Crippen LogP contribution in [0.4, 0.5) is 0 Å². The van der Waals surface area contributed by atoms with Crippen molar-refractivity contribution in [1.82, 2.24) is 15.6 Å². The normalized spacial score (nSPS) is 11.5. The monoisotopic (exact) mass is 546 g/mol. The van der Waals surface area contributed by atoms with E-state index in [-0.39, 0.29) is 49.6 Å². The third kappa shape index (κ3) is 5.93. The van der Waals surface area contributed by atoms with Crippen molar-refractivity contribution in [2.75, 3.05) is 34.5 Å². The maximum atomic E-state index is 13.1. The van der Waals surface area contributed by atoms with Crippen LogP contribution < -0.4 is 25.7 Å². The first-order valence-electron chi connectivity index (χ1n) is 10.7. The molecule has 0 saturated heterocycles. The number of ether oxygens (including phenoxy) is 3. The number of aromatic nitrogens is 1. The van der Waals surface area contributed by atoms with Crippen molar-refractivity contribution in [2.45, 2.75) is 0 Å². The first-order valence-corrected chi connectivity index (χ1v) is 11.5. The van der Waals surface area contributed by atoms with E-state index in [0.717, 1.165) is 12.3 Å². The molecule has 3 N–H and O–H groups in total. The second kappa shape index (κ2) is 12.4. The molecule has 1 aromatic carbocycles. The minimum Gasteiger partial charge on any atom is -0.495 e. The van der Waals surface area contributed by atoms with Crippen LogP contribution in [0.25, 0.3) is 27.8 Å². The van der Waals surface area contributed by atoms with Gasteiger partial charge in [-0.2, -0.15) is 0 Å². The molecule has 0 saturated carbocycles. The third-order valence-corrected chi connectivity index (χ3v) is 5.94. The molecule has 0 bridgehead atoms. The highest BCUT2D eigenvalue weighted by Crippen LogP contribution is 2.46. The highest BCUT2D eigenvalue weighted by molar-refractivity contribution is 6.41. The van der Waals surface area contributed by atoms with Crippen LogP contribution in [0.3, 0.4) is 0 Å². The molecule has 0 aliphatic rings. The van der Waals surface area contributed by atoms with Crippen molar-refractivity contribution in [3.63, 3.8) is 0 Å². The van der Waals surface area contributed by atoms with E-state index >= 15 is 0 Å². The maximum absolute atomic E-state index is 13.1. The number of methoxy groups -OCH3 is 3. The van der Waals surface area contributed by atoms with Crippen molar-refractivity contribution >= 4 is 51.8 Å². The van der Waals surface area contributed by atoms with Crippen LogP contribution in [-0.4, -0.2) is 51.6 Å². The summed E-state index contributed by atoms with van der Waals surface area (Å²) in [7, 11) is 4.41. The molecule has 0 radical (unpaired) electrons. The van der Waals surface area contributed by atoms with Crippen molar-refractivity contribution in [2.24, 2.45) is 0 Å². The largest absolute Gasteiger partial charge is 0.495 e. The molecule has 0 spiro atoms. The number of fused-ring (bicyclic) bond motifs is 1. The summed E-state index contributed by atoms with van der Waals surface area (Å²) in [4.78, 5) is 29.4. The fraction of sp³-hybridized carbons (Fsp3) is 0.200. The smallest absolute Gasteiger partial charge is 0.344 e. The predicted molar refractivity (Wildman–Crippen MR) is 143 cm³/mol. The quantitative estimate of drug-likeness (QED) is 0.186.